The summed E-state index contributed by atoms with van der Waals surface area (Å²) < 4.78 is 0.959. The summed E-state index contributed by atoms with van der Waals surface area (Å²) in [6.45, 7) is 1.94. The van der Waals surface area contributed by atoms with Crippen LogP contribution in [0.5, 0.6) is 0 Å². The van der Waals surface area contributed by atoms with Gasteiger partial charge in [0.15, 0.2) is 0 Å². The van der Waals surface area contributed by atoms with Crippen LogP contribution in [-0.2, 0) is 0 Å². The highest BCUT2D eigenvalue weighted by Gasteiger charge is 2.17. The first-order valence-corrected chi connectivity index (χ1v) is 6.84. The molecule has 17 heavy (non-hydrogen) atoms. The summed E-state index contributed by atoms with van der Waals surface area (Å²) in [5, 5.41) is 0.319. The Labute approximate surface area is 117 Å². The summed E-state index contributed by atoms with van der Waals surface area (Å²) in [6.07, 6.45) is 0. The first-order valence-electron chi connectivity index (χ1n) is 4.85. The Morgan fingerprint density at radius 1 is 1.47 bits per heavy atom. The summed E-state index contributed by atoms with van der Waals surface area (Å²) in [7, 11) is 0. The van der Waals surface area contributed by atoms with E-state index >= 15 is 0 Å². The van der Waals surface area contributed by atoms with E-state index in [-0.39, 0.29) is 5.78 Å². The molecule has 2 nitrogen and oxygen atoms in total. The molecule has 0 aliphatic heterocycles. The first-order chi connectivity index (χ1) is 8.00. The Kier molecular flexibility index (Phi) is 3.56. The highest BCUT2D eigenvalue weighted by atomic mass is 79.9. The molecule has 1 heterocycles. The highest BCUT2D eigenvalue weighted by molar-refractivity contribution is 9.11. The van der Waals surface area contributed by atoms with E-state index in [4.69, 9.17) is 17.3 Å². The molecule has 0 saturated heterocycles. The number of thiophene rings is 1. The number of anilines is 1. The van der Waals surface area contributed by atoms with Crippen LogP contribution in [-0.4, -0.2) is 5.78 Å². The molecule has 0 fully saturated rings. The lowest BCUT2D eigenvalue weighted by Crippen LogP contribution is -2.01. The molecule has 1 aromatic carbocycles. The number of ketones is 1. The van der Waals surface area contributed by atoms with Crippen molar-refractivity contribution in [1.29, 1.82) is 0 Å². The van der Waals surface area contributed by atoms with Crippen molar-refractivity contribution in [1.82, 2.24) is 0 Å². The molecule has 2 N–H and O–H groups in total. The molecule has 2 aromatic rings. The maximum Gasteiger partial charge on any atom is 0.204 e. The van der Waals surface area contributed by atoms with E-state index < -0.39 is 0 Å². The van der Waals surface area contributed by atoms with Gasteiger partial charge in [0.05, 0.1) is 19.4 Å². The third kappa shape index (κ3) is 2.39. The maximum absolute atomic E-state index is 12.2. The van der Waals surface area contributed by atoms with E-state index in [1.54, 1.807) is 18.2 Å². The topological polar surface area (TPSA) is 43.1 Å². The van der Waals surface area contributed by atoms with Crippen LogP contribution in [0.1, 0.15) is 20.8 Å². The molecule has 0 aliphatic rings. The zero-order valence-electron chi connectivity index (χ0n) is 8.96. The Balaban J connectivity index is 2.47. The van der Waals surface area contributed by atoms with Gasteiger partial charge in [0.2, 0.25) is 5.78 Å². The molecule has 5 heteroatoms. The monoisotopic (exact) mass is 329 g/mol. The normalized spacial score (nSPS) is 10.5. The first kappa shape index (κ1) is 12.6. The molecule has 0 spiro atoms. The summed E-state index contributed by atoms with van der Waals surface area (Å²) in [5.74, 6) is -0.0962. The number of aryl methyl sites for hydroxylation is 1. The Morgan fingerprint density at radius 2 is 2.18 bits per heavy atom. The molecule has 2 rings (SSSR count). The van der Waals surface area contributed by atoms with Crippen LogP contribution in [0.2, 0.25) is 5.02 Å². The van der Waals surface area contributed by atoms with Gasteiger partial charge in [-0.05, 0) is 46.6 Å². The molecule has 0 aliphatic carbocycles. The largest absolute Gasteiger partial charge is 0.398 e. The number of nitrogens with two attached hydrogens (primary N) is 1. The molecular weight excluding hydrogens is 322 g/mol. The van der Waals surface area contributed by atoms with Crippen molar-refractivity contribution in [2.45, 2.75) is 6.92 Å². The summed E-state index contributed by atoms with van der Waals surface area (Å²) >= 11 is 10.8. The van der Waals surface area contributed by atoms with E-state index in [1.165, 1.54) is 11.3 Å². The second-order valence-electron chi connectivity index (χ2n) is 3.61. The Bertz CT molecular complexity index is 575. The fraction of sp³-hybridized carbons (Fsp3) is 0.0833. The molecule has 0 bridgehead atoms. The molecule has 88 valence electrons. The van der Waals surface area contributed by atoms with Crippen molar-refractivity contribution >= 4 is 50.3 Å². The second-order valence-corrected chi connectivity index (χ2v) is 6.35. The average Bonchev–Trinajstić information content (AvgIpc) is 2.62. The van der Waals surface area contributed by atoms with Crippen molar-refractivity contribution in [3.05, 3.63) is 49.1 Å². The van der Waals surface area contributed by atoms with Crippen LogP contribution in [0.4, 0.5) is 5.69 Å². The van der Waals surface area contributed by atoms with Crippen molar-refractivity contribution in [2.75, 3.05) is 5.73 Å². The minimum atomic E-state index is -0.0962. The zero-order valence-corrected chi connectivity index (χ0v) is 12.1. The minimum absolute atomic E-state index is 0.0962. The van der Waals surface area contributed by atoms with Gasteiger partial charge in [-0.1, -0.05) is 17.7 Å². The Morgan fingerprint density at radius 3 is 2.76 bits per heavy atom. The third-order valence-electron chi connectivity index (χ3n) is 2.35. The van der Waals surface area contributed by atoms with E-state index in [2.05, 4.69) is 15.9 Å². The van der Waals surface area contributed by atoms with Gasteiger partial charge < -0.3 is 5.73 Å². The standard InChI is InChI=1S/C12H9BrClNOS/c1-6-5-9(17-12(6)13)11(16)7-3-2-4-8(15)10(7)14/h2-5H,15H2,1H3. The molecular formula is C12H9BrClNOS. The van der Waals surface area contributed by atoms with E-state index in [0.29, 0.717) is 21.2 Å². The summed E-state index contributed by atoms with van der Waals surface area (Å²) in [6, 6.07) is 6.93. The van der Waals surface area contributed by atoms with Gasteiger partial charge in [-0.3, -0.25) is 4.79 Å². The smallest absolute Gasteiger partial charge is 0.204 e. The molecule has 1 aromatic heterocycles. The number of hydrogen-bond donors (Lipinski definition) is 1. The van der Waals surface area contributed by atoms with Crippen LogP contribution in [0, 0.1) is 6.92 Å². The van der Waals surface area contributed by atoms with Crippen LogP contribution >= 0.6 is 38.9 Å². The van der Waals surface area contributed by atoms with Crippen LogP contribution < -0.4 is 5.73 Å². The van der Waals surface area contributed by atoms with Gasteiger partial charge in [-0.25, -0.2) is 0 Å². The van der Waals surface area contributed by atoms with Gasteiger partial charge in [0.1, 0.15) is 0 Å². The number of carbonyl (C=O) groups is 1. The van der Waals surface area contributed by atoms with Crippen molar-refractivity contribution in [2.24, 2.45) is 0 Å². The summed E-state index contributed by atoms with van der Waals surface area (Å²) in [5.41, 5.74) is 7.59. The lowest BCUT2D eigenvalue weighted by Gasteiger charge is -2.03. The highest BCUT2D eigenvalue weighted by Crippen LogP contribution is 2.31. The predicted molar refractivity (Wildman–Crippen MR) is 76.1 cm³/mol. The fourth-order valence-electron chi connectivity index (χ4n) is 1.43. The van der Waals surface area contributed by atoms with Gasteiger partial charge in [0, 0.05) is 5.56 Å². The Hall–Kier alpha value is -0.840. The maximum atomic E-state index is 12.2. The molecule has 0 unspecified atom stereocenters. The molecule has 0 atom stereocenters. The summed E-state index contributed by atoms with van der Waals surface area (Å²) in [4.78, 5) is 12.9. The van der Waals surface area contributed by atoms with Crippen LogP contribution in [0.3, 0.4) is 0 Å². The predicted octanol–water partition coefficient (Wildman–Crippen LogP) is 4.29. The number of halogens is 2. The lowest BCUT2D eigenvalue weighted by molar-refractivity contribution is 0.104. The number of benzene rings is 1. The van der Waals surface area contributed by atoms with Gasteiger partial charge in [0.25, 0.3) is 0 Å². The minimum Gasteiger partial charge on any atom is -0.398 e. The molecule has 0 amide bonds. The molecule has 0 radical (unpaired) electrons. The lowest BCUT2D eigenvalue weighted by atomic mass is 10.1. The van der Waals surface area contributed by atoms with Gasteiger partial charge >= 0.3 is 0 Å². The zero-order chi connectivity index (χ0) is 12.6. The number of carbonyl (C=O) groups excluding carboxylic acids is 1. The fourth-order valence-corrected chi connectivity index (χ4v) is 3.13. The van der Waals surface area contributed by atoms with Crippen molar-refractivity contribution in [3.8, 4) is 0 Å². The number of hydrogen-bond acceptors (Lipinski definition) is 3. The van der Waals surface area contributed by atoms with E-state index in [1.807, 2.05) is 13.0 Å². The van der Waals surface area contributed by atoms with Crippen LogP contribution in [0.15, 0.2) is 28.1 Å². The quantitative estimate of drug-likeness (QED) is 0.659. The van der Waals surface area contributed by atoms with Crippen LogP contribution in [0.25, 0.3) is 0 Å². The second kappa shape index (κ2) is 4.80. The average molecular weight is 331 g/mol. The third-order valence-corrected chi connectivity index (χ3v) is 4.91. The number of nitrogen functional groups attached to an aromatic ring is 1. The van der Waals surface area contributed by atoms with E-state index in [0.717, 1.165) is 9.35 Å². The van der Waals surface area contributed by atoms with Gasteiger partial charge in [-0.2, -0.15) is 0 Å². The SMILES string of the molecule is Cc1cc(C(=O)c2cccc(N)c2Cl)sc1Br. The number of rotatable bonds is 2. The van der Waals surface area contributed by atoms with Crippen molar-refractivity contribution < 1.29 is 4.79 Å². The van der Waals surface area contributed by atoms with E-state index in [9.17, 15) is 4.79 Å². The van der Waals surface area contributed by atoms with Gasteiger partial charge in [-0.15, -0.1) is 11.3 Å². The van der Waals surface area contributed by atoms with Crippen molar-refractivity contribution in [3.63, 3.8) is 0 Å². The molecule has 0 saturated carbocycles.